The minimum absolute atomic E-state index is 0.0215. The van der Waals surface area contributed by atoms with Crippen LogP contribution in [0.1, 0.15) is 52.1 Å². The van der Waals surface area contributed by atoms with Crippen molar-refractivity contribution in [3.8, 4) is 0 Å². The Morgan fingerprint density at radius 1 is 1.29 bits per heavy atom. The molecule has 1 heterocycles. The monoisotopic (exact) mass is 315 g/mol. The van der Waals surface area contributed by atoms with E-state index in [0.717, 1.165) is 18.5 Å². The number of unbranched alkanes of at least 4 members (excludes halogenated alkanes) is 2. The Morgan fingerprint density at radius 3 is 2.62 bits per heavy atom. The van der Waals surface area contributed by atoms with Gasteiger partial charge in [-0.3, -0.25) is 0 Å². The Hall–Kier alpha value is -0.850. The second-order valence-corrected chi connectivity index (χ2v) is 8.10. The van der Waals surface area contributed by atoms with Crippen LogP contribution in [0.2, 0.25) is 0 Å². The number of sulfonamides is 1. The number of hydrogen-bond donors (Lipinski definition) is 3. The average molecular weight is 315 g/mol. The average Bonchev–Trinajstić information content (AvgIpc) is 2.87. The lowest BCUT2D eigenvalue weighted by molar-refractivity contribution is 0.320. The predicted octanol–water partition coefficient (Wildman–Crippen LogP) is 2.62. The molecule has 0 saturated carbocycles. The van der Waals surface area contributed by atoms with Gasteiger partial charge in [-0.15, -0.1) is 0 Å². The molecule has 0 amide bonds. The van der Waals surface area contributed by atoms with Crippen LogP contribution in [-0.4, -0.2) is 27.0 Å². The van der Waals surface area contributed by atoms with Gasteiger partial charge in [0.2, 0.25) is 10.0 Å². The van der Waals surface area contributed by atoms with Crippen molar-refractivity contribution >= 4 is 10.0 Å². The quantitative estimate of drug-likeness (QED) is 0.581. The molecule has 1 aromatic rings. The first-order valence-electron chi connectivity index (χ1n) is 7.62. The zero-order valence-corrected chi connectivity index (χ0v) is 14.4. The maximum absolute atomic E-state index is 12.3. The molecule has 21 heavy (non-hydrogen) atoms. The molecule has 0 atom stereocenters. The summed E-state index contributed by atoms with van der Waals surface area (Å²) in [6, 6.07) is 1.67. The summed E-state index contributed by atoms with van der Waals surface area (Å²) < 4.78 is 27.3. The van der Waals surface area contributed by atoms with Crippen molar-refractivity contribution < 1.29 is 8.42 Å². The molecule has 0 saturated heterocycles. The first kappa shape index (κ1) is 18.2. The zero-order chi connectivity index (χ0) is 15.9. The van der Waals surface area contributed by atoms with Gasteiger partial charge in [0.25, 0.3) is 0 Å². The number of aromatic nitrogens is 1. The molecule has 5 nitrogen and oxygen atoms in total. The number of hydrogen-bond acceptors (Lipinski definition) is 3. The summed E-state index contributed by atoms with van der Waals surface area (Å²) in [4.78, 5) is 3.27. The highest BCUT2D eigenvalue weighted by molar-refractivity contribution is 7.89. The smallest absolute Gasteiger partial charge is 0.242 e. The lowest BCUT2D eigenvalue weighted by Crippen LogP contribution is -2.33. The van der Waals surface area contributed by atoms with Crippen molar-refractivity contribution in [2.24, 2.45) is 5.41 Å². The zero-order valence-electron chi connectivity index (χ0n) is 13.6. The van der Waals surface area contributed by atoms with Gasteiger partial charge in [-0.2, -0.15) is 0 Å². The summed E-state index contributed by atoms with van der Waals surface area (Å²) in [6.45, 7) is 7.47. The van der Waals surface area contributed by atoms with Crippen LogP contribution in [0.25, 0.3) is 0 Å². The van der Waals surface area contributed by atoms with E-state index in [1.165, 1.54) is 12.8 Å². The third-order valence-corrected chi connectivity index (χ3v) is 4.97. The summed E-state index contributed by atoms with van der Waals surface area (Å²) in [7, 11) is -1.61. The van der Waals surface area contributed by atoms with Crippen LogP contribution in [0.3, 0.4) is 0 Å². The Bertz CT molecular complexity index is 521. The summed E-state index contributed by atoms with van der Waals surface area (Å²) in [6.07, 6.45) is 6.09. The number of nitrogens with one attached hydrogen (secondary N) is 3. The Morgan fingerprint density at radius 2 is 2.00 bits per heavy atom. The largest absolute Gasteiger partial charge is 0.363 e. The molecule has 0 aliphatic carbocycles. The molecule has 0 aliphatic heterocycles. The van der Waals surface area contributed by atoms with E-state index in [9.17, 15) is 8.42 Å². The van der Waals surface area contributed by atoms with Crippen LogP contribution in [0.15, 0.2) is 17.2 Å². The second-order valence-electron chi connectivity index (χ2n) is 6.34. The predicted molar refractivity (Wildman–Crippen MR) is 86.7 cm³/mol. The van der Waals surface area contributed by atoms with Crippen LogP contribution in [0.4, 0.5) is 0 Å². The van der Waals surface area contributed by atoms with E-state index in [0.29, 0.717) is 18.0 Å². The van der Waals surface area contributed by atoms with Crippen molar-refractivity contribution in [3.63, 3.8) is 0 Å². The number of rotatable bonds is 10. The van der Waals surface area contributed by atoms with Crippen LogP contribution >= 0.6 is 0 Å². The molecular weight excluding hydrogens is 286 g/mol. The first-order valence-corrected chi connectivity index (χ1v) is 9.10. The second kappa shape index (κ2) is 7.96. The van der Waals surface area contributed by atoms with E-state index in [-0.39, 0.29) is 5.41 Å². The topological polar surface area (TPSA) is 74.0 Å². The van der Waals surface area contributed by atoms with Crippen molar-refractivity contribution in [1.29, 1.82) is 0 Å². The molecule has 0 unspecified atom stereocenters. The lowest BCUT2D eigenvalue weighted by Gasteiger charge is -2.24. The van der Waals surface area contributed by atoms with E-state index in [1.54, 1.807) is 12.3 Å². The molecule has 1 rings (SSSR count). The number of H-pyrrole nitrogens is 1. The minimum atomic E-state index is -3.43. The number of aromatic amines is 1. The van der Waals surface area contributed by atoms with Crippen molar-refractivity contribution in [2.75, 3.05) is 13.6 Å². The fourth-order valence-electron chi connectivity index (χ4n) is 2.18. The van der Waals surface area contributed by atoms with Gasteiger partial charge in [-0.1, -0.05) is 40.0 Å². The van der Waals surface area contributed by atoms with Gasteiger partial charge in [0.1, 0.15) is 0 Å². The maximum Gasteiger partial charge on any atom is 0.242 e. The molecule has 3 N–H and O–H groups in total. The van der Waals surface area contributed by atoms with E-state index in [2.05, 4.69) is 35.8 Å². The SMILES string of the molecule is CCCCCC(C)(C)CNS(=O)(=O)c1c[nH]c(CNC)c1. The Kier molecular flexibility index (Phi) is 6.90. The van der Waals surface area contributed by atoms with Gasteiger partial charge in [0.15, 0.2) is 0 Å². The van der Waals surface area contributed by atoms with Gasteiger partial charge >= 0.3 is 0 Å². The summed E-state index contributed by atoms with van der Waals surface area (Å²) in [5.41, 5.74) is 0.840. The molecule has 122 valence electrons. The molecule has 0 aliphatic rings. The van der Waals surface area contributed by atoms with Crippen molar-refractivity contribution in [1.82, 2.24) is 15.0 Å². The summed E-state index contributed by atoms with van der Waals surface area (Å²) in [5.74, 6) is 0. The molecule has 0 fully saturated rings. The first-order chi connectivity index (χ1) is 9.80. The van der Waals surface area contributed by atoms with Crippen LogP contribution < -0.4 is 10.0 Å². The maximum atomic E-state index is 12.3. The van der Waals surface area contributed by atoms with E-state index < -0.39 is 10.0 Å². The highest BCUT2D eigenvalue weighted by Gasteiger charge is 2.22. The highest BCUT2D eigenvalue weighted by Crippen LogP contribution is 2.23. The van der Waals surface area contributed by atoms with Crippen LogP contribution in [0.5, 0.6) is 0 Å². The molecular formula is C15H29N3O2S. The fraction of sp³-hybridized carbons (Fsp3) is 0.733. The molecule has 0 radical (unpaired) electrons. The highest BCUT2D eigenvalue weighted by atomic mass is 32.2. The van der Waals surface area contributed by atoms with Gasteiger partial charge in [-0.05, 0) is 24.9 Å². The molecule has 1 aromatic heterocycles. The van der Waals surface area contributed by atoms with Gasteiger partial charge < -0.3 is 10.3 Å². The fourth-order valence-corrected chi connectivity index (χ4v) is 3.44. The lowest BCUT2D eigenvalue weighted by atomic mass is 9.87. The van der Waals surface area contributed by atoms with Gasteiger partial charge in [-0.25, -0.2) is 13.1 Å². The third kappa shape index (κ3) is 6.20. The van der Waals surface area contributed by atoms with Crippen LogP contribution in [-0.2, 0) is 16.6 Å². The normalized spacial score (nSPS) is 12.8. The van der Waals surface area contributed by atoms with Crippen molar-refractivity contribution in [3.05, 3.63) is 18.0 Å². The molecule has 0 bridgehead atoms. The Balaban J connectivity index is 2.59. The summed E-state index contributed by atoms with van der Waals surface area (Å²) >= 11 is 0. The molecule has 0 spiro atoms. The van der Waals surface area contributed by atoms with Crippen LogP contribution in [0, 0.1) is 5.41 Å². The minimum Gasteiger partial charge on any atom is -0.363 e. The van der Waals surface area contributed by atoms with E-state index in [1.807, 2.05) is 7.05 Å². The Labute approximate surface area is 129 Å². The third-order valence-electron chi connectivity index (χ3n) is 3.59. The van der Waals surface area contributed by atoms with E-state index >= 15 is 0 Å². The van der Waals surface area contributed by atoms with Crippen molar-refractivity contribution in [2.45, 2.75) is 57.9 Å². The standard InChI is InChI=1S/C15H29N3O2S/c1-5-6-7-8-15(2,3)12-18-21(19,20)14-9-13(10-16-4)17-11-14/h9,11,16-18H,5-8,10,12H2,1-4H3. The summed E-state index contributed by atoms with van der Waals surface area (Å²) in [5, 5.41) is 2.99. The van der Waals surface area contributed by atoms with Gasteiger partial charge in [0, 0.05) is 25.0 Å². The van der Waals surface area contributed by atoms with Gasteiger partial charge in [0.05, 0.1) is 4.90 Å². The molecule has 6 heteroatoms. The van der Waals surface area contributed by atoms with E-state index in [4.69, 9.17) is 0 Å². The molecule has 0 aromatic carbocycles.